The third-order valence-electron chi connectivity index (χ3n) is 3.15. The summed E-state index contributed by atoms with van der Waals surface area (Å²) in [5, 5.41) is 0. The summed E-state index contributed by atoms with van der Waals surface area (Å²) in [6, 6.07) is -0.728. The number of amides is 1. The van der Waals surface area contributed by atoms with E-state index in [1.54, 1.807) is 7.05 Å². The van der Waals surface area contributed by atoms with E-state index in [2.05, 4.69) is 0 Å². The van der Waals surface area contributed by atoms with Gasteiger partial charge in [0.2, 0.25) is 5.91 Å². The minimum Gasteiger partial charge on any atom is -0.340 e. The Morgan fingerprint density at radius 1 is 1.47 bits per heavy atom. The van der Waals surface area contributed by atoms with Crippen molar-refractivity contribution in [2.24, 2.45) is 11.7 Å². The van der Waals surface area contributed by atoms with Crippen molar-refractivity contribution in [2.45, 2.75) is 38.8 Å². The molecule has 5 nitrogen and oxygen atoms in total. The lowest BCUT2D eigenvalue weighted by Gasteiger charge is -2.27. The van der Waals surface area contributed by atoms with Crippen molar-refractivity contribution in [3.05, 3.63) is 0 Å². The first kappa shape index (κ1) is 14.4. The summed E-state index contributed by atoms with van der Waals surface area (Å²) < 4.78 is 22.7. The Bertz CT molecular complexity index is 378. The Kier molecular flexibility index (Phi) is 4.55. The van der Waals surface area contributed by atoms with Crippen LogP contribution < -0.4 is 5.73 Å². The van der Waals surface area contributed by atoms with Crippen LogP contribution in [-0.2, 0) is 14.6 Å². The summed E-state index contributed by atoms with van der Waals surface area (Å²) in [6.45, 7) is 4.01. The van der Waals surface area contributed by atoms with Crippen LogP contribution in [0.25, 0.3) is 0 Å². The highest BCUT2D eigenvalue weighted by atomic mass is 32.2. The Hall–Kier alpha value is -0.620. The van der Waals surface area contributed by atoms with Crippen molar-refractivity contribution >= 4 is 15.7 Å². The second kappa shape index (κ2) is 5.35. The topological polar surface area (TPSA) is 80.5 Å². The van der Waals surface area contributed by atoms with Gasteiger partial charge in [0.25, 0.3) is 0 Å². The summed E-state index contributed by atoms with van der Waals surface area (Å²) >= 11 is 0. The highest BCUT2D eigenvalue weighted by molar-refractivity contribution is 7.91. The number of carbonyl (C=O) groups is 1. The summed E-state index contributed by atoms with van der Waals surface area (Å²) in [4.78, 5) is 13.5. The van der Waals surface area contributed by atoms with Gasteiger partial charge in [-0.1, -0.05) is 13.8 Å². The molecule has 100 valence electrons. The summed E-state index contributed by atoms with van der Waals surface area (Å²) in [5.74, 6) is 0.452. The molecule has 0 radical (unpaired) electrons. The van der Waals surface area contributed by atoms with Crippen LogP contribution in [0, 0.1) is 5.92 Å². The quantitative estimate of drug-likeness (QED) is 0.773. The van der Waals surface area contributed by atoms with Gasteiger partial charge >= 0.3 is 0 Å². The zero-order valence-corrected chi connectivity index (χ0v) is 11.5. The van der Waals surface area contributed by atoms with Crippen LogP contribution in [0.3, 0.4) is 0 Å². The molecule has 1 saturated heterocycles. The zero-order valence-electron chi connectivity index (χ0n) is 10.7. The van der Waals surface area contributed by atoms with E-state index in [9.17, 15) is 13.2 Å². The molecule has 2 unspecified atom stereocenters. The SMILES string of the molecule is CC(C)CC(N)C(=O)N(C)C1CCS(=O)(=O)C1. The number of hydrogen-bond donors (Lipinski definition) is 1. The van der Waals surface area contributed by atoms with Gasteiger partial charge in [0, 0.05) is 13.1 Å². The third-order valence-corrected chi connectivity index (χ3v) is 4.90. The van der Waals surface area contributed by atoms with Crippen molar-refractivity contribution in [2.75, 3.05) is 18.6 Å². The van der Waals surface area contributed by atoms with Gasteiger partial charge in [0.05, 0.1) is 17.5 Å². The lowest BCUT2D eigenvalue weighted by Crippen LogP contribution is -2.47. The van der Waals surface area contributed by atoms with E-state index in [-0.39, 0.29) is 23.5 Å². The van der Waals surface area contributed by atoms with Crippen LogP contribution in [-0.4, -0.2) is 49.9 Å². The molecule has 1 amide bonds. The lowest BCUT2D eigenvalue weighted by molar-refractivity contribution is -0.133. The number of sulfone groups is 1. The molecular weight excluding hydrogens is 240 g/mol. The van der Waals surface area contributed by atoms with Gasteiger partial charge in [-0.05, 0) is 18.8 Å². The first-order chi connectivity index (χ1) is 7.73. The summed E-state index contributed by atoms with van der Waals surface area (Å²) in [5.41, 5.74) is 5.81. The third kappa shape index (κ3) is 3.96. The zero-order chi connectivity index (χ0) is 13.2. The van der Waals surface area contributed by atoms with Crippen LogP contribution in [0.5, 0.6) is 0 Å². The molecule has 1 heterocycles. The highest BCUT2D eigenvalue weighted by Gasteiger charge is 2.34. The molecule has 1 rings (SSSR count). The molecule has 0 saturated carbocycles. The minimum absolute atomic E-state index is 0.0731. The van der Waals surface area contributed by atoms with E-state index in [1.807, 2.05) is 13.8 Å². The van der Waals surface area contributed by atoms with Crippen LogP contribution >= 0.6 is 0 Å². The fourth-order valence-electron chi connectivity index (χ4n) is 2.13. The second-order valence-corrected chi connectivity index (χ2v) is 7.47. The second-order valence-electron chi connectivity index (χ2n) is 5.24. The van der Waals surface area contributed by atoms with Gasteiger partial charge in [-0.15, -0.1) is 0 Å². The first-order valence-electron chi connectivity index (χ1n) is 5.95. The molecule has 0 spiro atoms. The average Bonchev–Trinajstić information content (AvgIpc) is 2.55. The fourth-order valence-corrected chi connectivity index (χ4v) is 3.91. The summed E-state index contributed by atoms with van der Waals surface area (Å²) in [6.07, 6.45) is 1.15. The molecule has 1 fully saturated rings. The van der Waals surface area contributed by atoms with Gasteiger partial charge in [0.1, 0.15) is 0 Å². The number of likely N-dealkylation sites (N-methyl/N-ethyl adjacent to an activating group) is 1. The van der Waals surface area contributed by atoms with Crippen LogP contribution in [0.15, 0.2) is 0 Å². The van der Waals surface area contributed by atoms with Crippen molar-refractivity contribution in [1.29, 1.82) is 0 Å². The number of nitrogens with zero attached hydrogens (tertiary/aromatic N) is 1. The molecule has 0 aliphatic carbocycles. The van der Waals surface area contributed by atoms with E-state index in [4.69, 9.17) is 5.73 Å². The fraction of sp³-hybridized carbons (Fsp3) is 0.909. The molecule has 0 aromatic carbocycles. The number of nitrogens with two attached hydrogens (primary N) is 1. The maximum atomic E-state index is 12.0. The number of rotatable bonds is 4. The van der Waals surface area contributed by atoms with Crippen molar-refractivity contribution < 1.29 is 13.2 Å². The monoisotopic (exact) mass is 262 g/mol. The number of carbonyl (C=O) groups excluding carboxylic acids is 1. The molecule has 0 aromatic rings. The van der Waals surface area contributed by atoms with Crippen molar-refractivity contribution in [3.8, 4) is 0 Å². The van der Waals surface area contributed by atoms with Gasteiger partial charge in [-0.25, -0.2) is 8.42 Å². The Morgan fingerprint density at radius 3 is 2.47 bits per heavy atom. The Labute approximate surface area is 103 Å². The predicted molar refractivity (Wildman–Crippen MR) is 67.3 cm³/mol. The van der Waals surface area contributed by atoms with E-state index in [0.717, 1.165) is 0 Å². The van der Waals surface area contributed by atoms with Gasteiger partial charge in [-0.3, -0.25) is 4.79 Å². The molecule has 6 heteroatoms. The standard InChI is InChI=1S/C11H22N2O3S/c1-8(2)6-10(12)11(14)13(3)9-4-5-17(15,16)7-9/h8-10H,4-7,12H2,1-3H3. The molecule has 2 atom stereocenters. The van der Waals surface area contributed by atoms with E-state index < -0.39 is 15.9 Å². The smallest absolute Gasteiger partial charge is 0.239 e. The van der Waals surface area contributed by atoms with Crippen LogP contribution in [0.4, 0.5) is 0 Å². The molecule has 1 aliphatic heterocycles. The molecule has 0 bridgehead atoms. The normalized spacial score (nSPS) is 24.9. The summed E-state index contributed by atoms with van der Waals surface area (Å²) in [7, 11) is -1.31. The maximum Gasteiger partial charge on any atom is 0.239 e. The highest BCUT2D eigenvalue weighted by Crippen LogP contribution is 2.17. The molecule has 1 aliphatic rings. The van der Waals surface area contributed by atoms with E-state index >= 15 is 0 Å². The van der Waals surface area contributed by atoms with E-state index in [0.29, 0.717) is 18.8 Å². The first-order valence-corrected chi connectivity index (χ1v) is 7.77. The van der Waals surface area contributed by atoms with Crippen LogP contribution in [0.1, 0.15) is 26.7 Å². The molecule has 0 aromatic heterocycles. The van der Waals surface area contributed by atoms with Crippen LogP contribution in [0.2, 0.25) is 0 Å². The minimum atomic E-state index is -2.96. The van der Waals surface area contributed by atoms with Crippen molar-refractivity contribution in [3.63, 3.8) is 0 Å². The Morgan fingerprint density at radius 2 is 2.06 bits per heavy atom. The van der Waals surface area contributed by atoms with Gasteiger partial charge < -0.3 is 10.6 Å². The largest absolute Gasteiger partial charge is 0.340 e. The van der Waals surface area contributed by atoms with Crippen molar-refractivity contribution in [1.82, 2.24) is 4.90 Å². The molecular formula is C11H22N2O3S. The number of hydrogen-bond acceptors (Lipinski definition) is 4. The van der Waals surface area contributed by atoms with E-state index in [1.165, 1.54) is 4.90 Å². The average molecular weight is 262 g/mol. The maximum absolute atomic E-state index is 12.0. The van der Waals surface area contributed by atoms with Gasteiger partial charge in [0.15, 0.2) is 9.84 Å². The predicted octanol–water partition coefficient (Wildman–Crippen LogP) is 0.00530. The molecule has 17 heavy (non-hydrogen) atoms. The van der Waals surface area contributed by atoms with Gasteiger partial charge in [-0.2, -0.15) is 0 Å². The molecule has 2 N–H and O–H groups in total. The lowest BCUT2D eigenvalue weighted by atomic mass is 10.0. The Balaban J connectivity index is 2.58.